The Labute approximate surface area is 179 Å². The number of benzene rings is 1. The highest BCUT2D eigenvalue weighted by Crippen LogP contribution is 2.39. The Kier molecular flexibility index (Phi) is 6.12. The molecular weight excluding hydrogens is 411 g/mol. The van der Waals surface area contributed by atoms with Crippen LogP contribution in [0.5, 0.6) is 0 Å². The minimum Gasteiger partial charge on any atom is -0.366 e. The van der Waals surface area contributed by atoms with Gasteiger partial charge in [-0.15, -0.1) is 0 Å². The first-order valence-corrected chi connectivity index (χ1v) is 11.2. The van der Waals surface area contributed by atoms with Crippen molar-refractivity contribution < 1.29 is 22.9 Å². The molecule has 1 amide bonds. The van der Waals surface area contributed by atoms with Crippen LogP contribution < -0.4 is 4.90 Å². The van der Waals surface area contributed by atoms with E-state index in [0.717, 1.165) is 25.5 Å². The SMILES string of the molecule is O=C(C1CCN(c2ccc(C(F)(F)F)cc2[N+](=O)[O-])CC1)N1CCCC2CCCCC21. The first-order chi connectivity index (χ1) is 14.8. The fourth-order valence-corrected chi connectivity index (χ4v) is 5.61. The number of fused-ring (bicyclic) bond motifs is 1. The molecule has 4 rings (SSSR count). The van der Waals surface area contributed by atoms with Gasteiger partial charge >= 0.3 is 6.18 Å². The topological polar surface area (TPSA) is 66.7 Å². The van der Waals surface area contributed by atoms with Crippen molar-refractivity contribution in [3.63, 3.8) is 0 Å². The number of halogens is 3. The van der Waals surface area contributed by atoms with E-state index in [2.05, 4.69) is 4.90 Å². The molecule has 0 N–H and O–H groups in total. The average Bonchev–Trinajstić information content (AvgIpc) is 2.77. The van der Waals surface area contributed by atoms with E-state index < -0.39 is 22.4 Å². The summed E-state index contributed by atoms with van der Waals surface area (Å²) in [4.78, 5) is 27.7. The van der Waals surface area contributed by atoms with Crippen LogP contribution in [0.25, 0.3) is 0 Å². The minimum absolute atomic E-state index is 0.120. The van der Waals surface area contributed by atoms with Crippen LogP contribution in [-0.4, -0.2) is 41.4 Å². The highest BCUT2D eigenvalue weighted by atomic mass is 19.4. The van der Waals surface area contributed by atoms with Gasteiger partial charge in [-0.3, -0.25) is 14.9 Å². The fraction of sp³-hybridized carbons (Fsp3) is 0.682. The van der Waals surface area contributed by atoms with E-state index in [1.54, 1.807) is 4.90 Å². The van der Waals surface area contributed by atoms with Gasteiger partial charge in [0.2, 0.25) is 5.91 Å². The normalized spacial score (nSPS) is 25.3. The van der Waals surface area contributed by atoms with E-state index in [4.69, 9.17) is 0 Å². The zero-order valence-electron chi connectivity index (χ0n) is 17.4. The molecule has 2 saturated heterocycles. The quantitative estimate of drug-likeness (QED) is 0.490. The molecule has 170 valence electrons. The lowest BCUT2D eigenvalue weighted by Gasteiger charge is -2.46. The second-order valence-corrected chi connectivity index (χ2v) is 9.01. The summed E-state index contributed by atoms with van der Waals surface area (Å²) in [6.07, 6.45) is 3.42. The molecule has 6 nitrogen and oxygen atoms in total. The molecular formula is C22H28F3N3O3. The summed E-state index contributed by atoms with van der Waals surface area (Å²) in [6.45, 7) is 1.65. The molecule has 0 spiro atoms. The standard InChI is InChI=1S/C22H28F3N3O3/c23-22(24,25)17-7-8-19(20(14-17)28(30)31)26-12-9-16(10-13-26)21(29)27-11-3-5-15-4-1-2-6-18(15)27/h7-8,14-16,18H,1-6,9-13H2. The molecule has 1 aliphatic carbocycles. The number of nitro groups is 1. The summed E-state index contributed by atoms with van der Waals surface area (Å²) in [5, 5.41) is 11.4. The summed E-state index contributed by atoms with van der Waals surface area (Å²) in [6, 6.07) is 3.02. The molecule has 0 radical (unpaired) electrons. The molecule has 31 heavy (non-hydrogen) atoms. The molecule has 1 aromatic rings. The molecule has 1 aromatic carbocycles. The number of nitrogens with zero attached hydrogens (tertiary/aromatic N) is 3. The first-order valence-electron chi connectivity index (χ1n) is 11.2. The molecule has 2 unspecified atom stereocenters. The Morgan fingerprint density at radius 2 is 1.68 bits per heavy atom. The van der Waals surface area contributed by atoms with Gasteiger partial charge in [0.1, 0.15) is 5.69 Å². The Balaban J connectivity index is 1.44. The highest BCUT2D eigenvalue weighted by molar-refractivity contribution is 5.80. The van der Waals surface area contributed by atoms with E-state index in [0.29, 0.717) is 44.0 Å². The molecule has 0 bridgehead atoms. The van der Waals surface area contributed by atoms with Crippen molar-refractivity contribution in [1.82, 2.24) is 4.90 Å². The number of piperidine rings is 2. The molecule has 1 saturated carbocycles. The summed E-state index contributed by atoms with van der Waals surface area (Å²) in [7, 11) is 0. The predicted molar refractivity (Wildman–Crippen MR) is 110 cm³/mol. The lowest BCUT2D eigenvalue weighted by Crippen LogP contribution is -2.52. The van der Waals surface area contributed by atoms with Crippen LogP contribution in [0.1, 0.15) is 56.9 Å². The summed E-state index contributed by atoms with van der Waals surface area (Å²) < 4.78 is 38.9. The second kappa shape index (κ2) is 8.67. The van der Waals surface area contributed by atoms with Gasteiger partial charge in [-0.1, -0.05) is 12.8 Å². The third-order valence-corrected chi connectivity index (χ3v) is 7.21. The summed E-state index contributed by atoms with van der Waals surface area (Å²) in [5.41, 5.74) is -1.38. The van der Waals surface area contributed by atoms with E-state index >= 15 is 0 Å². The van der Waals surface area contributed by atoms with E-state index in [-0.39, 0.29) is 17.5 Å². The maximum Gasteiger partial charge on any atom is 0.416 e. The minimum atomic E-state index is -4.63. The maximum atomic E-state index is 13.3. The molecule has 0 aromatic heterocycles. The number of anilines is 1. The summed E-state index contributed by atoms with van der Waals surface area (Å²) in [5.74, 6) is 0.685. The molecule has 2 aliphatic heterocycles. The van der Waals surface area contributed by atoms with Crippen LogP contribution >= 0.6 is 0 Å². The number of nitro benzene ring substituents is 1. The van der Waals surface area contributed by atoms with Crippen LogP contribution in [0.15, 0.2) is 18.2 Å². The third kappa shape index (κ3) is 4.50. The lowest BCUT2D eigenvalue weighted by atomic mass is 9.77. The number of carbonyl (C=O) groups is 1. The average molecular weight is 439 g/mol. The maximum absolute atomic E-state index is 13.3. The van der Waals surface area contributed by atoms with E-state index in [9.17, 15) is 28.1 Å². The molecule has 2 atom stereocenters. The fourth-order valence-electron chi connectivity index (χ4n) is 5.61. The van der Waals surface area contributed by atoms with Gasteiger partial charge in [-0.05, 0) is 56.6 Å². The van der Waals surface area contributed by atoms with Crippen LogP contribution in [-0.2, 0) is 11.0 Å². The molecule has 2 heterocycles. The summed E-state index contributed by atoms with van der Waals surface area (Å²) >= 11 is 0. The van der Waals surface area contributed by atoms with E-state index in [1.807, 2.05) is 0 Å². The van der Waals surface area contributed by atoms with Gasteiger partial charge in [0, 0.05) is 37.7 Å². The van der Waals surface area contributed by atoms with Gasteiger partial charge in [0.05, 0.1) is 10.5 Å². The monoisotopic (exact) mass is 439 g/mol. The van der Waals surface area contributed by atoms with Crippen LogP contribution in [0.3, 0.4) is 0 Å². The lowest BCUT2D eigenvalue weighted by molar-refractivity contribution is -0.384. The molecule has 9 heteroatoms. The van der Waals surface area contributed by atoms with E-state index in [1.165, 1.54) is 31.7 Å². The van der Waals surface area contributed by atoms with Gasteiger partial charge in [0.15, 0.2) is 0 Å². The number of hydrogen-bond acceptors (Lipinski definition) is 4. The number of alkyl halides is 3. The van der Waals surface area contributed by atoms with Crippen molar-refractivity contribution in [1.29, 1.82) is 0 Å². The van der Waals surface area contributed by atoms with Crippen molar-refractivity contribution in [2.45, 2.75) is 63.6 Å². The Hall–Kier alpha value is -2.32. The largest absolute Gasteiger partial charge is 0.416 e. The van der Waals surface area contributed by atoms with Crippen molar-refractivity contribution >= 4 is 17.3 Å². The first kappa shape index (κ1) is 21.9. The third-order valence-electron chi connectivity index (χ3n) is 7.21. The van der Waals surface area contributed by atoms with Crippen molar-refractivity contribution in [2.24, 2.45) is 11.8 Å². The zero-order chi connectivity index (χ0) is 22.2. The number of hydrogen-bond donors (Lipinski definition) is 0. The van der Waals surface area contributed by atoms with Gasteiger partial charge in [-0.25, -0.2) is 0 Å². The van der Waals surface area contributed by atoms with Gasteiger partial charge in [-0.2, -0.15) is 13.2 Å². The Morgan fingerprint density at radius 3 is 2.35 bits per heavy atom. The predicted octanol–water partition coefficient (Wildman–Crippen LogP) is 5.01. The zero-order valence-corrected chi connectivity index (χ0v) is 17.4. The van der Waals surface area contributed by atoms with Crippen molar-refractivity contribution in [3.05, 3.63) is 33.9 Å². The van der Waals surface area contributed by atoms with Crippen LogP contribution in [0.4, 0.5) is 24.5 Å². The number of rotatable bonds is 3. The number of likely N-dealkylation sites (tertiary alicyclic amines) is 1. The Morgan fingerprint density at radius 1 is 1.00 bits per heavy atom. The molecule has 3 fully saturated rings. The molecule has 3 aliphatic rings. The number of amides is 1. The van der Waals surface area contributed by atoms with Crippen molar-refractivity contribution in [2.75, 3.05) is 24.5 Å². The van der Waals surface area contributed by atoms with Crippen LogP contribution in [0, 0.1) is 22.0 Å². The van der Waals surface area contributed by atoms with Crippen LogP contribution in [0.2, 0.25) is 0 Å². The van der Waals surface area contributed by atoms with Gasteiger partial charge in [0.25, 0.3) is 5.69 Å². The second-order valence-electron chi connectivity index (χ2n) is 9.01. The highest BCUT2D eigenvalue weighted by Gasteiger charge is 2.39. The van der Waals surface area contributed by atoms with Gasteiger partial charge < -0.3 is 9.80 Å². The number of carbonyl (C=O) groups excluding carboxylic acids is 1. The van der Waals surface area contributed by atoms with Crippen molar-refractivity contribution in [3.8, 4) is 0 Å². The smallest absolute Gasteiger partial charge is 0.366 e. The Bertz CT molecular complexity index is 835.